The van der Waals surface area contributed by atoms with Gasteiger partial charge in [-0.1, -0.05) is 0 Å². The maximum absolute atomic E-state index is 11.6. The van der Waals surface area contributed by atoms with Crippen LogP contribution in [0.3, 0.4) is 0 Å². The van der Waals surface area contributed by atoms with Crippen LogP contribution < -0.4 is 10.6 Å². The molecule has 1 aliphatic carbocycles. The number of carbonyl (C=O) groups excluding carboxylic acids is 1. The Labute approximate surface area is 126 Å². The van der Waals surface area contributed by atoms with E-state index in [1.54, 1.807) is 7.05 Å². The van der Waals surface area contributed by atoms with Crippen LogP contribution in [0, 0.1) is 5.41 Å². The lowest BCUT2D eigenvalue weighted by molar-refractivity contribution is -0.119. The molecule has 1 unspecified atom stereocenters. The zero-order chi connectivity index (χ0) is 14.9. The number of guanidine groups is 1. The highest BCUT2D eigenvalue weighted by molar-refractivity contribution is 5.81. The zero-order valence-electron chi connectivity index (χ0n) is 12.8. The Bertz CT molecular complexity index is 447. The smallest absolute Gasteiger partial charge is 0.220 e. The molecular weight excluding hydrogens is 268 g/mol. The Hall–Kier alpha value is -1.30. The van der Waals surface area contributed by atoms with E-state index in [1.165, 1.54) is 0 Å². The van der Waals surface area contributed by atoms with Gasteiger partial charge in [0.2, 0.25) is 5.91 Å². The van der Waals surface area contributed by atoms with Gasteiger partial charge in [0.05, 0.1) is 5.60 Å². The Balaban J connectivity index is 1.60. The fourth-order valence-electron chi connectivity index (χ4n) is 3.77. The van der Waals surface area contributed by atoms with Crippen LogP contribution >= 0.6 is 0 Å². The number of piperidine rings is 1. The van der Waals surface area contributed by atoms with Crippen LogP contribution in [0.4, 0.5) is 0 Å². The number of hydrogen-bond donors (Lipinski definition) is 3. The molecule has 3 N–H and O–H groups in total. The van der Waals surface area contributed by atoms with Gasteiger partial charge in [0.25, 0.3) is 0 Å². The highest BCUT2D eigenvalue weighted by Gasteiger charge is 2.42. The van der Waals surface area contributed by atoms with Gasteiger partial charge >= 0.3 is 0 Å². The normalized spacial score (nSPS) is 32.0. The lowest BCUT2D eigenvalue weighted by atomic mass is 9.79. The molecule has 2 heterocycles. The van der Waals surface area contributed by atoms with E-state index in [-0.39, 0.29) is 11.3 Å². The number of hydrogen-bond acceptors (Lipinski definition) is 3. The molecule has 0 radical (unpaired) electrons. The van der Waals surface area contributed by atoms with Crippen LogP contribution in [0.2, 0.25) is 0 Å². The molecule has 2 saturated heterocycles. The van der Waals surface area contributed by atoms with Gasteiger partial charge in [0.1, 0.15) is 0 Å². The summed E-state index contributed by atoms with van der Waals surface area (Å²) in [5.41, 5.74) is -0.478. The highest BCUT2D eigenvalue weighted by atomic mass is 16.3. The second-order valence-corrected chi connectivity index (χ2v) is 6.96. The summed E-state index contributed by atoms with van der Waals surface area (Å²) in [5, 5.41) is 16.5. The molecule has 6 nitrogen and oxygen atoms in total. The molecular formula is C15H26N4O2. The molecule has 1 amide bonds. The van der Waals surface area contributed by atoms with E-state index in [0.29, 0.717) is 13.0 Å². The molecule has 3 fully saturated rings. The van der Waals surface area contributed by atoms with Gasteiger partial charge < -0.3 is 20.6 Å². The van der Waals surface area contributed by atoms with Crippen molar-refractivity contribution in [2.45, 2.75) is 44.1 Å². The average Bonchev–Trinajstić information content (AvgIpc) is 2.78. The van der Waals surface area contributed by atoms with Crippen molar-refractivity contribution in [1.29, 1.82) is 0 Å². The highest BCUT2D eigenvalue weighted by Crippen LogP contribution is 2.36. The molecule has 1 atom stereocenters. The number of rotatable bonds is 2. The number of amides is 1. The number of aliphatic imine (C=N–C) groups is 1. The minimum absolute atomic E-state index is 0.0698. The van der Waals surface area contributed by atoms with Crippen LogP contribution in [0.15, 0.2) is 4.99 Å². The Morgan fingerprint density at radius 2 is 2.24 bits per heavy atom. The molecule has 1 spiro atoms. The molecule has 2 aliphatic heterocycles. The summed E-state index contributed by atoms with van der Waals surface area (Å²) in [6.07, 6.45) is 5.67. The molecule has 0 aromatic heterocycles. The number of nitrogens with zero attached hydrogens (tertiary/aromatic N) is 2. The summed E-state index contributed by atoms with van der Waals surface area (Å²) in [5.74, 6) is 1.03. The minimum atomic E-state index is -0.547. The maximum atomic E-state index is 11.6. The first-order valence-electron chi connectivity index (χ1n) is 7.99. The molecule has 3 aliphatic rings. The summed E-state index contributed by atoms with van der Waals surface area (Å²) in [6.45, 7) is 3.18. The summed E-state index contributed by atoms with van der Waals surface area (Å²) in [4.78, 5) is 18.2. The summed E-state index contributed by atoms with van der Waals surface area (Å²) < 4.78 is 0. The van der Waals surface area contributed by atoms with E-state index >= 15 is 0 Å². The molecule has 0 aromatic rings. The Morgan fingerprint density at radius 3 is 2.81 bits per heavy atom. The second kappa shape index (κ2) is 5.48. The summed E-state index contributed by atoms with van der Waals surface area (Å²) >= 11 is 0. The molecule has 6 heteroatoms. The van der Waals surface area contributed by atoms with Crippen molar-refractivity contribution < 1.29 is 9.90 Å². The molecule has 1 saturated carbocycles. The standard InChI is InChI=1S/C15H26N4O2/c1-16-13(18-10-15(21)5-2-6-15)19-7-3-4-14(11-19)8-12(20)17-9-14/h21H,2-11H2,1H3,(H,16,18)(H,17,20). The maximum Gasteiger partial charge on any atom is 0.220 e. The molecule has 118 valence electrons. The molecule has 3 rings (SSSR count). The number of carbonyl (C=O) groups is 1. The van der Waals surface area contributed by atoms with Crippen molar-refractivity contribution in [2.75, 3.05) is 33.2 Å². The SMILES string of the molecule is CN=C(NCC1(O)CCC1)N1CCCC2(CNC(=O)C2)C1. The van der Waals surface area contributed by atoms with Crippen LogP contribution in [-0.4, -0.2) is 60.7 Å². The van der Waals surface area contributed by atoms with Gasteiger partial charge in [-0.25, -0.2) is 0 Å². The third kappa shape index (κ3) is 3.00. The lowest BCUT2D eigenvalue weighted by Gasteiger charge is -2.42. The quantitative estimate of drug-likeness (QED) is 0.498. The van der Waals surface area contributed by atoms with E-state index in [4.69, 9.17) is 0 Å². The Kier molecular flexibility index (Phi) is 3.82. The largest absolute Gasteiger partial charge is 0.388 e. The first-order valence-corrected chi connectivity index (χ1v) is 7.99. The topological polar surface area (TPSA) is 77.0 Å². The lowest BCUT2D eigenvalue weighted by Crippen LogP contribution is -2.55. The monoisotopic (exact) mass is 294 g/mol. The number of aliphatic hydroxyl groups is 1. The van der Waals surface area contributed by atoms with Crippen molar-refractivity contribution in [3.05, 3.63) is 0 Å². The van der Waals surface area contributed by atoms with Crippen LogP contribution in [0.1, 0.15) is 38.5 Å². The van der Waals surface area contributed by atoms with E-state index in [0.717, 1.165) is 57.7 Å². The first-order chi connectivity index (χ1) is 10.0. The summed E-state index contributed by atoms with van der Waals surface area (Å²) in [6, 6.07) is 0. The van der Waals surface area contributed by atoms with Crippen molar-refractivity contribution in [3.8, 4) is 0 Å². The number of nitrogens with one attached hydrogen (secondary N) is 2. The van der Waals surface area contributed by atoms with E-state index < -0.39 is 5.60 Å². The Morgan fingerprint density at radius 1 is 1.43 bits per heavy atom. The second-order valence-electron chi connectivity index (χ2n) is 6.96. The predicted molar refractivity (Wildman–Crippen MR) is 81.0 cm³/mol. The molecule has 0 aromatic carbocycles. The summed E-state index contributed by atoms with van der Waals surface area (Å²) in [7, 11) is 1.78. The van der Waals surface area contributed by atoms with E-state index in [1.807, 2.05) is 0 Å². The van der Waals surface area contributed by atoms with Gasteiger partial charge in [-0.05, 0) is 32.1 Å². The fraction of sp³-hybridized carbons (Fsp3) is 0.867. The van der Waals surface area contributed by atoms with Gasteiger partial charge in [0, 0.05) is 45.1 Å². The molecule has 21 heavy (non-hydrogen) atoms. The van der Waals surface area contributed by atoms with Crippen molar-refractivity contribution in [3.63, 3.8) is 0 Å². The fourth-order valence-corrected chi connectivity index (χ4v) is 3.77. The van der Waals surface area contributed by atoms with E-state index in [9.17, 15) is 9.90 Å². The minimum Gasteiger partial charge on any atom is -0.388 e. The van der Waals surface area contributed by atoms with Crippen molar-refractivity contribution >= 4 is 11.9 Å². The van der Waals surface area contributed by atoms with Gasteiger partial charge in [-0.2, -0.15) is 0 Å². The van der Waals surface area contributed by atoms with Crippen LogP contribution in [0.25, 0.3) is 0 Å². The van der Waals surface area contributed by atoms with E-state index in [2.05, 4.69) is 20.5 Å². The van der Waals surface area contributed by atoms with Gasteiger partial charge in [-0.3, -0.25) is 9.79 Å². The zero-order valence-corrected chi connectivity index (χ0v) is 12.8. The number of likely N-dealkylation sites (tertiary alicyclic amines) is 1. The van der Waals surface area contributed by atoms with Crippen molar-refractivity contribution in [1.82, 2.24) is 15.5 Å². The van der Waals surface area contributed by atoms with Gasteiger partial charge in [0.15, 0.2) is 5.96 Å². The molecule has 0 bridgehead atoms. The third-order valence-electron chi connectivity index (χ3n) is 5.23. The first kappa shape index (κ1) is 14.6. The predicted octanol–water partition coefficient (Wildman–Crippen LogP) is 0.0789. The average molecular weight is 294 g/mol. The van der Waals surface area contributed by atoms with Gasteiger partial charge in [-0.15, -0.1) is 0 Å². The van der Waals surface area contributed by atoms with Crippen molar-refractivity contribution in [2.24, 2.45) is 10.4 Å². The van der Waals surface area contributed by atoms with Crippen LogP contribution in [-0.2, 0) is 4.79 Å². The third-order valence-corrected chi connectivity index (χ3v) is 5.23. The van der Waals surface area contributed by atoms with Crippen LogP contribution in [0.5, 0.6) is 0 Å².